The van der Waals surface area contributed by atoms with Gasteiger partial charge in [-0.3, -0.25) is 0 Å². The predicted octanol–water partition coefficient (Wildman–Crippen LogP) is 0.0124. The summed E-state index contributed by atoms with van der Waals surface area (Å²) in [5.41, 5.74) is 0. The largest absolute Gasteiger partial charge is 0.383 e. The first kappa shape index (κ1) is 10.5. The summed E-state index contributed by atoms with van der Waals surface area (Å²) in [4.78, 5) is 0. The summed E-state index contributed by atoms with van der Waals surface area (Å²) in [6.07, 6.45) is 1.59. The molecule has 2 rings (SSSR count). The Kier molecular flexibility index (Phi) is 3.65. The second kappa shape index (κ2) is 5.20. The van der Waals surface area contributed by atoms with E-state index in [1.54, 1.807) is 13.4 Å². The minimum Gasteiger partial charge on any atom is -0.383 e. The van der Waals surface area contributed by atoms with Gasteiger partial charge in [-0.25, -0.2) is 0 Å². The van der Waals surface area contributed by atoms with Crippen molar-refractivity contribution in [1.82, 2.24) is 14.8 Å². The van der Waals surface area contributed by atoms with Gasteiger partial charge < -0.3 is 18.8 Å². The van der Waals surface area contributed by atoms with E-state index in [9.17, 15) is 0 Å². The van der Waals surface area contributed by atoms with E-state index in [2.05, 4.69) is 10.2 Å². The molecule has 6 nitrogen and oxygen atoms in total. The molecule has 0 radical (unpaired) electrons. The lowest BCUT2D eigenvalue weighted by atomic mass is 10.3. The van der Waals surface area contributed by atoms with Crippen molar-refractivity contribution in [2.45, 2.75) is 12.6 Å². The van der Waals surface area contributed by atoms with Gasteiger partial charge >= 0.3 is 0 Å². The summed E-state index contributed by atoms with van der Waals surface area (Å²) in [6.45, 7) is 3.19. The topological polar surface area (TPSA) is 58.4 Å². The van der Waals surface area contributed by atoms with E-state index in [0.29, 0.717) is 26.4 Å². The van der Waals surface area contributed by atoms with Crippen molar-refractivity contribution in [3.8, 4) is 0 Å². The van der Waals surface area contributed by atoms with E-state index in [0.717, 1.165) is 12.4 Å². The van der Waals surface area contributed by atoms with Gasteiger partial charge in [0.15, 0.2) is 5.82 Å². The molecule has 1 aliphatic rings. The van der Waals surface area contributed by atoms with E-state index in [4.69, 9.17) is 14.2 Å². The van der Waals surface area contributed by atoms with Crippen LogP contribution in [0.15, 0.2) is 6.33 Å². The zero-order valence-corrected chi connectivity index (χ0v) is 8.76. The molecule has 84 valence electrons. The first-order valence-corrected chi connectivity index (χ1v) is 4.98. The van der Waals surface area contributed by atoms with Crippen molar-refractivity contribution in [2.75, 3.05) is 33.5 Å². The number of aromatic nitrogens is 3. The predicted molar refractivity (Wildman–Crippen MR) is 51.4 cm³/mol. The van der Waals surface area contributed by atoms with E-state index in [1.807, 2.05) is 4.57 Å². The van der Waals surface area contributed by atoms with Crippen LogP contribution in [0.3, 0.4) is 0 Å². The zero-order valence-electron chi connectivity index (χ0n) is 8.76. The molecule has 6 heteroatoms. The Bertz CT molecular complexity index is 297. The van der Waals surface area contributed by atoms with Crippen LogP contribution in [0.5, 0.6) is 0 Å². The van der Waals surface area contributed by atoms with Gasteiger partial charge in [0.2, 0.25) is 0 Å². The molecule has 1 aliphatic heterocycles. The van der Waals surface area contributed by atoms with Gasteiger partial charge in [-0.1, -0.05) is 0 Å². The number of rotatable bonds is 4. The smallest absolute Gasteiger partial charge is 0.164 e. The first-order chi connectivity index (χ1) is 7.42. The first-order valence-electron chi connectivity index (χ1n) is 4.98. The summed E-state index contributed by atoms with van der Waals surface area (Å²) in [5.74, 6) is 0.812. The Morgan fingerprint density at radius 1 is 1.60 bits per heavy atom. The van der Waals surface area contributed by atoms with Gasteiger partial charge in [0.1, 0.15) is 12.4 Å². The number of hydrogen-bond donors (Lipinski definition) is 0. The number of ether oxygens (including phenoxy) is 3. The van der Waals surface area contributed by atoms with Gasteiger partial charge in [0.05, 0.1) is 26.4 Å². The third kappa shape index (κ3) is 2.53. The SMILES string of the molecule is COCCn1cnnc1C1COCCO1. The quantitative estimate of drug-likeness (QED) is 0.705. The molecule has 2 heterocycles. The molecule has 0 spiro atoms. The van der Waals surface area contributed by atoms with Gasteiger partial charge in [0.25, 0.3) is 0 Å². The van der Waals surface area contributed by atoms with Crippen LogP contribution in [0.4, 0.5) is 0 Å². The molecular weight excluding hydrogens is 198 g/mol. The minimum atomic E-state index is -0.0990. The molecule has 1 unspecified atom stereocenters. The maximum absolute atomic E-state index is 5.55. The third-order valence-corrected chi connectivity index (χ3v) is 2.29. The molecule has 0 aliphatic carbocycles. The summed E-state index contributed by atoms with van der Waals surface area (Å²) in [5, 5.41) is 7.92. The molecule has 0 bridgehead atoms. The van der Waals surface area contributed by atoms with Crippen LogP contribution in [0.1, 0.15) is 11.9 Å². The summed E-state index contributed by atoms with van der Waals surface area (Å²) in [6, 6.07) is 0. The standard InChI is InChI=1S/C9H15N3O3/c1-13-3-2-12-7-10-11-9(12)8-6-14-4-5-15-8/h7-8H,2-6H2,1H3. The Labute approximate surface area is 88.1 Å². The van der Waals surface area contributed by atoms with Gasteiger partial charge in [-0.15, -0.1) is 10.2 Å². The lowest BCUT2D eigenvalue weighted by Gasteiger charge is -2.22. The average molecular weight is 213 g/mol. The average Bonchev–Trinajstić information content (AvgIpc) is 2.75. The van der Waals surface area contributed by atoms with Gasteiger partial charge in [0, 0.05) is 13.7 Å². The van der Waals surface area contributed by atoms with Crippen LogP contribution in [0.25, 0.3) is 0 Å². The highest BCUT2D eigenvalue weighted by molar-refractivity contribution is 4.92. The molecule has 1 fully saturated rings. The van der Waals surface area contributed by atoms with Crippen LogP contribution >= 0.6 is 0 Å². The minimum absolute atomic E-state index is 0.0990. The normalized spacial score (nSPS) is 21.8. The molecule has 1 saturated heterocycles. The fourth-order valence-electron chi connectivity index (χ4n) is 1.51. The summed E-state index contributed by atoms with van der Waals surface area (Å²) >= 11 is 0. The van der Waals surface area contributed by atoms with Crippen LogP contribution in [-0.2, 0) is 20.8 Å². The highest BCUT2D eigenvalue weighted by Crippen LogP contribution is 2.18. The van der Waals surface area contributed by atoms with Crippen molar-refractivity contribution in [2.24, 2.45) is 0 Å². The number of nitrogens with zero attached hydrogens (tertiary/aromatic N) is 3. The maximum atomic E-state index is 5.55. The molecule has 0 aromatic carbocycles. The molecule has 15 heavy (non-hydrogen) atoms. The van der Waals surface area contributed by atoms with Crippen molar-refractivity contribution in [3.63, 3.8) is 0 Å². The Morgan fingerprint density at radius 3 is 3.27 bits per heavy atom. The highest BCUT2D eigenvalue weighted by Gasteiger charge is 2.21. The van der Waals surface area contributed by atoms with Gasteiger partial charge in [-0.05, 0) is 0 Å². The molecule has 0 saturated carbocycles. The van der Waals surface area contributed by atoms with E-state index in [1.165, 1.54) is 0 Å². The molecule has 0 N–H and O–H groups in total. The Morgan fingerprint density at radius 2 is 2.53 bits per heavy atom. The van der Waals surface area contributed by atoms with E-state index in [-0.39, 0.29) is 6.10 Å². The van der Waals surface area contributed by atoms with Gasteiger partial charge in [-0.2, -0.15) is 0 Å². The second-order valence-corrected chi connectivity index (χ2v) is 3.31. The fourth-order valence-corrected chi connectivity index (χ4v) is 1.51. The van der Waals surface area contributed by atoms with Crippen LogP contribution in [0, 0.1) is 0 Å². The van der Waals surface area contributed by atoms with E-state index >= 15 is 0 Å². The van der Waals surface area contributed by atoms with Crippen LogP contribution in [0.2, 0.25) is 0 Å². The second-order valence-electron chi connectivity index (χ2n) is 3.31. The van der Waals surface area contributed by atoms with Crippen molar-refractivity contribution in [3.05, 3.63) is 12.2 Å². The van der Waals surface area contributed by atoms with Crippen molar-refractivity contribution in [1.29, 1.82) is 0 Å². The molecule has 1 aromatic heterocycles. The molecule has 1 atom stereocenters. The molecule has 0 amide bonds. The lowest BCUT2D eigenvalue weighted by molar-refractivity contribution is -0.0949. The Balaban J connectivity index is 2.02. The van der Waals surface area contributed by atoms with Crippen LogP contribution in [-0.4, -0.2) is 48.3 Å². The fraction of sp³-hybridized carbons (Fsp3) is 0.778. The van der Waals surface area contributed by atoms with Crippen molar-refractivity contribution < 1.29 is 14.2 Å². The highest BCUT2D eigenvalue weighted by atomic mass is 16.6. The molecule has 1 aromatic rings. The van der Waals surface area contributed by atoms with Crippen LogP contribution < -0.4 is 0 Å². The maximum Gasteiger partial charge on any atom is 0.164 e. The summed E-state index contributed by atoms with van der Waals surface area (Å²) in [7, 11) is 1.67. The lowest BCUT2D eigenvalue weighted by Crippen LogP contribution is -2.25. The van der Waals surface area contributed by atoms with E-state index < -0.39 is 0 Å². The number of hydrogen-bond acceptors (Lipinski definition) is 5. The third-order valence-electron chi connectivity index (χ3n) is 2.29. The zero-order chi connectivity index (χ0) is 10.5. The monoisotopic (exact) mass is 213 g/mol. The summed E-state index contributed by atoms with van der Waals surface area (Å²) < 4.78 is 17.8. The number of methoxy groups -OCH3 is 1. The molecular formula is C9H15N3O3. The Hall–Kier alpha value is -0.980. The van der Waals surface area contributed by atoms with Crippen molar-refractivity contribution >= 4 is 0 Å².